The van der Waals surface area contributed by atoms with E-state index < -0.39 is 6.10 Å². The first-order valence-electron chi connectivity index (χ1n) is 8.83. The summed E-state index contributed by atoms with van der Waals surface area (Å²) in [6.45, 7) is 4.11. The Labute approximate surface area is 151 Å². The molecule has 2 aliphatic heterocycles. The summed E-state index contributed by atoms with van der Waals surface area (Å²) < 4.78 is 16.1. The summed E-state index contributed by atoms with van der Waals surface area (Å²) in [4.78, 5) is 21.2. The third-order valence-electron chi connectivity index (χ3n) is 4.76. The van der Waals surface area contributed by atoms with Gasteiger partial charge in [-0.15, -0.1) is 0 Å². The van der Waals surface area contributed by atoms with Gasteiger partial charge in [-0.25, -0.2) is 0 Å². The van der Waals surface area contributed by atoms with Crippen LogP contribution in [-0.2, 0) is 20.8 Å². The highest BCUT2D eigenvalue weighted by Gasteiger charge is 2.37. The largest absolute Gasteiger partial charge is 0.377 e. The second kappa shape index (κ2) is 7.94. The van der Waals surface area contributed by atoms with Gasteiger partial charge in [-0.3, -0.25) is 9.69 Å². The second-order valence-corrected chi connectivity index (χ2v) is 6.49. The summed E-state index contributed by atoms with van der Waals surface area (Å²) in [5.74, 6) is 0.427. The molecule has 4 rings (SSSR count). The number of nitrogens with zero attached hydrogens (tertiary/aromatic N) is 4. The van der Waals surface area contributed by atoms with Crippen molar-refractivity contribution < 1.29 is 18.8 Å². The minimum absolute atomic E-state index is 0.0409. The van der Waals surface area contributed by atoms with E-state index in [2.05, 4.69) is 27.2 Å². The predicted octanol–water partition coefficient (Wildman–Crippen LogP) is 0.870. The lowest BCUT2D eigenvalue weighted by Crippen LogP contribution is -2.54. The molecule has 0 bridgehead atoms. The fourth-order valence-corrected chi connectivity index (χ4v) is 3.43. The van der Waals surface area contributed by atoms with Gasteiger partial charge in [-0.1, -0.05) is 35.5 Å². The first-order chi connectivity index (χ1) is 12.8. The quantitative estimate of drug-likeness (QED) is 0.802. The number of carbonyl (C=O) groups is 1. The average molecular weight is 358 g/mol. The second-order valence-electron chi connectivity index (χ2n) is 6.49. The van der Waals surface area contributed by atoms with Gasteiger partial charge in [0.1, 0.15) is 12.1 Å². The highest BCUT2D eigenvalue weighted by molar-refractivity contribution is 5.81. The lowest BCUT2D eigenvalue weighted by atomic mass is 10.1. The maximum Gasteiger partial charge on any atom is 0.253 e. The van der Waals surface area contributed by atoms with Crippen LogP contribution in [0.15, 0.2) is 41.2 Å². The molecule has 2 atom stereocenters. The highest BCUT2D eigenvalue weighted by Crippen LogP contribution is 2.23. The van der Waals surface area contributed by atoms with Gasteiger partial charge in [-0.05, 0) is 5.56 Å². The molecule has 2 aliphatic rings. The maximum absolute atomic E-state index is 13.1. The van der Waals surface area contributed by atoms with E-state index in [0.29, 0.717) is 38.7 Å². The van der Waals surface area contributed by atoms with E-state index in [4.69, 9.17) is 14.0 Å². The van der Waals surface area contributed by atoms with Crippen LogP contribution in [0, 0.1) is 0 Å². The van der Waals surface area contributed by atoms with E-state index in [1.807, 2.05) is 18.2 Å². The van der Waals surface area contributed by atoms with E-state index in [1.165, 1.54) is 12.0 Å². The smallest absolute Gasteiger partial charge is 0.253 e. The summed E-state index contributed by atoms with van der Waals surface area (Å²) in [5.41, 5.74) is 1.23. The zero-order valence-corrected chi connectivity index (χ0v) is 14.5. The van der Waals surface area contributed by atoms with Crippen LogP contribution in [0.25, 0.3) is 0 Å². The molecule has 1 amide bonds. The molecule has 138 valence electrons. The van der Waals surface area contributed by atoms with Crippen molar-refractivity contribution in [2.75, 3.05) is 39.5 Å². The number of amides is 1. The molecule has 3 heterocycles. The zero-order valence-electron chi connectivity index (χ0n) is 14.5. The van der Waals surface area contributed by atoms with Crippen molar-refractivity contribution in [2.24, 2.45) is 0 Å². The van der Waals surface area contributed by atoms with Crippen LogP contribution in [0.2, 0.25) is 0 Å². The molecule has 2 unspecified atom stereocenters. The van der Waals surface area contributed by atoms with Gasteiger partial charge < -0.3 is 18.9 Å². The van der Waals surface area contributed by atoms with E-state index in [9.17, 15) is 4.79 Å². The predicted molar refractivity (Wildman–Crippen MR) is 91.0 cm³/mol. The third-order valence-corrected chi connectivity index (χ3v) is 4.76. The van der Waals surface area contributed by atoms with Crippen LogP contribution < -0.4 is 0 Å². The molecule has 0 saturated carbocycles. The van der Waals surface area contributed by atoms with E-state index >= 15 is 0 Å². The minimum Gasteiger partial charge on any atom is -0.377 e. The van der Waals surface area contributed by atoms with E-state index in [1.54, 1.807) is 4.90 Å². The fourth-order valence-electron chi connectivity index (χ4n) is 3.43. The average Bonchev–Trinajstić information content (AvgIpc) is 3.23. The lowest BCUT2D eigenvalue weighted by Gasteiger charge is -2.39. The molecule has 1 aromatic carbocycles. The molecule has 8 nitrogen and oxygen atoms in total. The van der Waals surface area contributed by atoms with Gasteiger partial charge in [0.15, 0.2) is 5.82 Å². The van der Waals surface area contributed by atoms with Crippen LogP contribution in [0.5, 0.6) is 0 Å². The summed E-state index contributed by atoms with van der Waals surface area (Å²) in [7, 11) is 0. The number of rotatable bonds is 4. The molecule has 2 fully saturated rings. The Balaban J connectivity index is 1.43. The molecule has 2 saturated heterocycles. The first kappa shape index (κ1) is 17.1. The fraction of sp³-hybridized carbons (Fsp3) is 0.500. The van der Waals surface area contributed by atoms with Crippen molar-refractivity contribution in [3.63, 3.8) is 0 Å². The van der Waals surface area contributed by atoms with Gasteiger partial charge in [0.05, 0.1) is 19.8 Å². The summed E-state index contributed by atoms with van der Waals surface area (Å²) in [5, 5.41) is 3.88. The van der Waals surface area contributed by atoms with Crippen LogP contribution >= 0.6 is 0 Å². The standard InChI is InChI=1S/C18H22N4O4/c23-18(22-7-8-24-12-15(22)17-19-13-26-20-17)16-11-21(6-9-25-16)10-14-4-2-1-3-5-14/h1-5,13,15-16H,6-12H2. The van der Waals surface area contributed by atoms with Gasteiger partial charge in [-0.2, -0.15) is 4.98 Å². The number of ether oxygens (including phenoxy) is 2. The molecule has 8 heteroatoms. The third kappa shape index (κ3) is 3.77. The van der Waals surface area contributed by atoms with Crippen LogP contribution in [-0.4, -0.2) is 71.4 Å². The van der Waals surface area contributed by atoms with Gasteiger partial charge in [0, 0.05) is 26.2 Å². The van der Waals surface area contributed by atoms with Crippen molar-refractivity contribution in [3.05, 3.63) is 48.1 Å². The molecule has 0 radical (unpaired) electrons. The number of hydrogen-bond donors (Lipinski definition) is 0. The molecule has 2 aromatic rings. The number of hydrogen-bond acceptors (Lipinski definition) is 7. The van der Waals surface area contributed by atoms with Crippen LogP contribution in [0.4, 0.5) is 0 Å². The Morgan fingerprint density at radius 2 is 2.08 bits per heavy atom. The van der Waals surface area contributed by atoms with Crippen LogP contribution in [0.3, 0.4) is 0 Å². The monoisotopic (exact) mass is 358 g/mol. The number of morpholine rings is 2. The number of aromatic nitrogens is 2. The number of benzene rings is 1. The Morgan fingerprint density at radius 3 is 2.88 bits per heavy atom. The van der Waals surface area contributed by atoms with Gasteiger partial charge >= 0.3 is 0 Å². The summed E-state index contributed by atoms with van der Waals surface area (Å²) >= 11 is 0. The molecule has 26 heavy (non-hydrogen) atoms. The molecule has 0 N–H and O–H groups in total. The minimum atomic E-state index is -0.486. The molecular weight excluding hydrogens is 336 g/mol. The normalized spacial score (nSPS) is 24.5. The van der Waals surface area contributed by atoms with Crippen molar-refractivity contribution >= 4 is 5.91 Å². The molecule has 0 spiro atoms. The molecular formula is C18H22N4O4. The van der Waals surface area contributed by atoms with Crippen molar-refractivity contribution in [2.45, 2.75) is 18.7 Å². The summed E-state index contributed by atoms with van der Waals surface area (Å²) in [6.07, 6.45) is 0.783. The van der Waals surface area contributed by atoms with Gasteiger partial charge in [0.25, 0.3) is 5.91 Å². The van der Waals surface area contributed by atoms with Crippen molar-refractivity contribution in [1.29, 1.82) is 0 Å². The number of carbonyl (C=O) groups excluding carboxylic acids is 1. The Kier molecular flexibility index (Phi) is 5.24. The van der Waals surface area contributed by atoms with Crippen LogP contribution in [0.1, 0.15) is 17.4 Å². The maximum atomic E-state index is 13.1. The molecule has 1 aromatic heterocycles. The zero-order chi connectivity index (χ0) is 17.8. The summed E-state index contributed by atoms with van der Waals surface area (Å²) in [6, 6.07) is 9.93. The van der Waals surface area contributed by atoms with Crippen molar-refractivity contribution in [3.8, 4) is 0 Å². The first-order valence-corrected chi connectivity index (χ1v) is 8.83. The highest BCUT2D eigenvalue weighted by atomic mass is 16.5. The SMILES string of the molecule is O=C(C1CN(Cc2ccccc2)CCO1)N1CCOCC1c1ncon1. The van der Waals surface area contributed by atoms with E-state index in [-0.39, 0.29) is 11.9 Å². The topological polar surface area (TPSA) is 80.9 Å². The van der Waals surface area contributed by atoms with Crippen molar-refractivity contribution in [1.82, 2.24) is 19.9 Å². The lowest BCUT2D eigenvalue weighted by molar-refractivity contribution is -0.158. The van der Waals surface area contributed by atoms with Gasteiger partial charge in [0.2, 0.25) is 6.39 Å². The Bertz CT molecular complexity index is 709. The Hall–Kier alpha value is -2.29. The van der Waals surface area contributed by atoms with E-state index in [0.717, 1.165) is 13.1 Å². The Morgan fingerprint density at radius 1 is 1.19 bits per heavy atom. The molecule has 0 aliphatic carbocycles.